The Morgan fingerprint density at radius 2 is 2.46 bits per heavy atom. The topological polar surface area (TPSA) is 30.0 Å². The van der Waals surface area contributed by atoms with Gasteiger partial charge in [-0.2, -0.15) is 0 Å². The van der Waals surface area contributed by atoms with Gasteiger partial charge in [-0.3, -0.25) is 4.98 Å². The van der Waals surface area contributed by atoms with Crippen LogP contribution in [0.15, 0.2) is 18.3 Å². The van der Waals surface area contributed by atoms with Gasteiger partial charge in [-0.15, -0.1) is 0 Å². The fraction of sp³-hybridized carbons (Fsp3) is 0.455. The van der Waals surface area contributed by atoms with Crippen LogP contribution in [-0.2, 0) is 4.79 Å². The average Bonchev–Trinajstić information content (AvgIpc) is 2.86. The third-order valence-electron chi connectivity index (χ3n) is 2.68. The number of nitrogens with zero attached hydrogens (tertiary/aromatic N) is 1. The molecular formula is C11H13NO. The zero-order chi connectivity index (χ0) is 9.26. The van der Waals surface area contributed by atoms with Crippen molar-refractivity contribution < 1.29 is 4.79 Å². The number of rotatable bonds is 3. The fourth-order valence-electron chi connectivity index (χ4n) is 1.74. The van der Waals surface area contributed by atoms with Gasteiger partial charge in [0.25, 0.3) is 0 Å². The van der Waals surface area contributed by atoms with Crippen LogP contribution in [-0.4, -0.2) is 11.3 Å². The summed E-state index contributed by atoms with van der Waals surface area (Å²) in [6.07, 6.45) is 4.82. The summed E-state index contributed by atoms with van der Waals surface area (Å²) in [6.45, 7) is 1.99. The molecule has 0 N–H and O–H groups in total. The number of aldehydes is 1. The zero-order valence-corrected chi connectivity index (χ0v) is 7.73. The van der Waals surface area contributed by atoms with E-state index in [-0.39, 0.29) is 0 Å². The van der Waals surface area contributed by atoms with E-state index in [1.165, 1.54) is 5.56 Å². The summed E-state index contributed by atoms with van der Waals surface area (Å²) in [4.78, 5) is 14.5. The summed E-state index contributed by atoms with van der Waals surface area (Å²) in [7, 11) is 0. The Labute approximate surface area is 78.0 Å². The predicted molar refractivity (Wildman–Crippen MR) is 50.5 cm³/mol. The molecule has 0 aliphatic heterocycles. The lowest BCUT2D eigenvalue weighted by atomic mass is 10.1. The van der Waals surface area contributed by atoms with Crippen LogP contribution >= 0.6 is 0 Å². The minimum atomic E-state index is 0.585. The quantitative estimate of drug-likeness (QED) is 0.658. The van der Waals surface area contributed by atoms with Gasteiger partial charge in [-0.25, -0.2) is 0 Å². The number of pyridine rings is 1. The van der Waals surface area contributed by atoms with Crippen molar-refractivity contribution in [1.29, 1.82) is 0 Å². The second-order valence-electron chi connectivity index (χ2n) is 3.74. The molecule has 1 fully saturated rings. The van der Waals surface area contributed by atoms with E-state index in [0.29, 0.717) is 18.3 Å². The smallest absolute Gasteiger partial charge is 0.120 e. The lowest BCUT2D eigenvalue weighted by molar-refractivity contribution is -0.108. The number of hydrogen-bond donors (Lipinski definition) is 0. The van der Waals surface area contributed by atoms with Crippen molar-refractivity contribution in [1.82, 2.24) is 4.98 Å². The standard InChI is InChI=1S/C11H13NO/c1-8-2-3-10(7-12-8)11-6-9(11)4-5-13/h2-3,5,7,9,11H,4,6H2,1H3/t9-,11-/m0/s1. The van der Waals surface area contributed by atoms with Crippen LogP contribution in [0.25, 0.3) is 0 Å². The van der Waals surface area contributed by atoms with Crippen LogP contribution in [0, 0.1) is 12.8 Å². The van der Waals surface area contributed by atoms with E-state index in [9.17, 15) is 4.79 Å². The molecule has 0 aromatic carbocycles. The van der Waals surface area contributed by atoms with Crippen LogP contribution in [0.5, 0.6) is 0 Å². The number of carbonyl (C=O) groups is 1. The molecule has 2 rings (SSSR count). The van der Waals surface area contributed by atoms with Gasteiger partial charge in [0.05, 0.1) is 0 Å². The van der Waals surface area contributed by atoms with E-state index in [2.05, 4.69) is 11.1 Å². The van der Waals surface area contributed by atoms with Crippen LogP contribution < -0.4 is 0 Å². The minimum Gasteiger partial charge on any atom is -0.303 e. The summed E-state index contributed by atoms with van der Waals surface area (Å²) in [5, 5.41) is 0. The maximum Gasteiger partial charge on any atom is 0.120 e. The molecule has 13 heavy (non-hydrogen) atoms. The molecule has 0 bridgehead atoms. The Morgan fingerprint density at radius 3 is 3.08 bits per heavy atom. The van der Waals surface area contributed by atoms with Crippen LogP contribution in [0.2, 0.25) is 0 Å². The highest BCUT2D eigenvalue weighted by molar-refractivity contribution is 5.51. The molecular weight excluding hydrogens is 162 g/mol. The Balaban J connectivity index is 2.03. The van der Waals surface area contributed by atoms with E-state index >= 15 is 0 Å². The van der Waals surface area contributed by atoms with Crippen molar-refractivity contribution in [3.8, 4) is 0 Å². The van der Waals surface area contributed by atoms with Gasteiger partial charge in [0.1, 0.15) is 6.29 Å². The Morgan fingerprint density at radius 1 is 1.62 bits per heavy atom. The van der Waals surface area contributed by atoms with Crippen molar-refractivity contribution in [2.24, 2.45) is 5.92 Å². The first-order valence-corrected chi connectivity index (χ1v) is 4.67. The van der Waals surface area contributed by atoms with E-state index in [1.54, 1.807) is 0 Å². The number of hydrogen-bond acceptors (Lipinski definition) is 2. The first-order chi connectivity index (χ1) is 6.31. The molecule has 2 atom stereocenters. The van der Waals surface area contributed by atoms with Crippen LogP contribution in [0.1, 0.15) is 30.0 Å². The van der Waals surface area contributed by atoms with Crippen molar-refractivity contribution in [2.45, 2.75) is 25.7 Å². The molecule has 1 aliphatic carbocycles. The van der Waals surface area contributed by atoms with Crippen LogP contribution in [0.4, 0.5) is 0 Å². The average molecular weight is 175 g/mol. The van der Waals surface area contributed by atoms with Crippen molar-refractivity contribution in [3.05, 3.63) is 29.6 Å². The predicted octanol–water partition coefficient (Wildman–Crippen LogP) is 2.08. The molecule has 0 amide bonds. The number of aromatic nitrogens is 1. The molecule has 2 heteroatoms. The van der Waals surface area contributed by atoms with Gasteiger partial charge >= 0.3 is 0 Å². The number of carbonyl (C=O) groups excluding carboxylic acids is 1. The number of aryl methyl sites for hydroxylation is 1. The lowest BCUT2D eigenvalue weighted by Gasteiger charge is -1.98. The van der Waals surface area contributed by atoms with Gasteiger partial charge in [0, 0.05) is 18.3 Å². The normalized spacial score (nSPS) is 25.6. The van der Waals surface area contributed by atoms with E-state index < -0.39 is 0 Å². The molecule has 1 aliphatic rings. The fourth-order valence-corrected chi connectivity index (χ4v) is 1.74. The molecule has 1 aromatic heterocycles. The lowest BCUT2D eigenvalue weighted by Crippen LogP contribution is -1.87. The molecule has 0 radical (unpaired) electrons. The molecule has 2 nitrogen and oxygen atoms in total. The molecule has 0 unspecified atom stereocenters. The van der Waals surface area contributed by atoms with Gasteiger partial charge in [-0.05, 0) is 36.8 Å². The molecule has 1 aromatic rings. The Hall–Kier alpha value is -1.18. The Bertz CT molecular complexity index is 304. The highest BCUT2D eigenvalue weighted by atomic mass is 16.1. The summed E-state index contributed by atoms with van der Waals surface area (Å²) in [5.41, 5.74) is 2.34. The molecule has 1 saturated carbocycles. The maximum absolute atomic E-state index is 10.3. The van der Waals surface area contributed by atoms with Crippen molar-refractivity contribution in [2.75, 3.05) is 0 Å². The monoisotopic (exact) mass is 175 g/mol. The highest BCUT2D eigenvalue weighted by Crippen LogP contribution is 2.48. The van der Waals surface area contributed by atoms with Gasteiger partial charge < -0.3 is 4.79 Å². The van der Waals surface area contributed by atoms with Gasteiger partial charge in [-0.1, -0.05) is 6.07 Å². The van der Waals surface area contributed by atoms with Crippen molar-refractivity contribution >= 4 is 6.29 Å². The first kappa shape index (κ1) is 8.42. The zero-order valence-electron chi connectivity index (χ0n) is 7.73. The van der Waals surface area contributed by atoms with Gasteiger partial charge in [0.15, 0.2) is 0 Å². The molecule has 68 valence electrons. The Kier molecular flexibility index (Phi) is 2.13. The van der Waals surface area contributed by atoms with E-state index in [1.807, 2.05) is 19.2 Å². The first-order valence-electron chi connectivity index (χ1n) is 4.67. The SMILES string of the molecule is Cc1ccc([C@H]2C[C@@H]2CC=O)cn1. The van der Waals surface area contributed by atoms with E-state index in [4.69, 9.17) is 0 Å². The minimum absolute atomic E-state index is 0.585. The highest BCUT2D eigenvalue weighted by Gasteiger charge is 2.37. The maximum atomic E-state index is 10.3. The summed E-state index contributed by atoms with van der Waals surface area (Å²) in [5.74, 6) is 1.18. The largest absolute Gasteiger partial charge is 0.303 e. The third kappa shape index (κ3) is 1.77. The molecule has 1 heterocycles. The summed E-state index contributed by atoms with van der Waals surface area (Å²) < 4.78 is 0. The van der Waals surface area contributed by atoms with E-state index in [0.717, 1.165) is 18.4 Å². The molecule has 0 saturated heterocycles. The summed E-state index contributed by atoms with van der Waals surface area (Å²) in [6, 6.07) is 4.16. The second-order valence-corrected chi connectivity index (χ2v) is 3.74. The summed E-state index contributed by atoms with van der Waals surface area (Å²) >= 11 is 0. The second kappa shape index (κ2) is 3.29. The van der Waals surface area contributed by atoms with Crippen LogP contribution in [0.3, 0.4) is 0 Å². The molecule has 0 spiro atoms. The third-order valence-corrected chi connectivity index (χ3v) is 2.68. The van der Waals surface area contributed by atoms with Crippen molar-refractivity contribution in [3.63, 3.8) is 0 Å². The van der Waals surface area contributed by atoms with Gasteiger partial charge in [0.2, 0.25) is 0 Å².